The van der Waals surface area contributed by atoms with Crippen LogP contribution in [-0.2, 0) is 11.2 Å². The van der Waals surface area contributed by atoms with Crippen molar-refractivity contribution in [2.45, 2.75) is 44.2 Å². The molecule has 4 heteroatoms. The molecule has 3 N–H and O–H groups in total. The highest BCUT2D eigenvalue weighted by Crippen LogP contribution is 2.33. The van der Waals surface area contributed by atoms with Gasteiger partial charge in [0, 0.05) is 24.9 Å². The Balaban J connectivity index is 2.27. The molecule has 1 heterocycles. The van der Waals surface area contributed by atoms with E-state index in [1.807, 2.05) is 19.2 Å². The fraction of sp³-hybridized carbons (Fsp3) is 0.615. The second-order valence-electron chi connectivity index (χ2n) is 4.68. The zero-order valence-electron chi connectivity index (χ0n) is 10.5. The predicted molar refractivity (Wildman–Crippen MR) is 67.5 cm³/mol. The number of ether oxygens (including phenoxy) is 1. The number of fused-ring (bicyclic) bond motifs is 1. The molecule has 0 aromatic carbocycles. The number of hydrazine groups is 1. The van der Waals surface area contributed by atoms with Crippen molar-refractivity contribution in [1.29, 1.82) is 0 Å². The Morgan fingerprint density at radius 3 is 3.12 bits per heavy atom. The minimum absolute atomic E-state index is 0.0814. The molecule has 0 aliphatic heterocycles. The zero-order chi connectivity index (χ0) is 12.3. The number of aromatic nitrogens is 1. The summed E-state index contributed by atoms with van der Waals surface area (Å²) in [7, 11) is 1.72. The first-order valence-electron chi connectivity index (χ1n) is 6.20. The summed E-state index contributed by atoms with van der Waals surface area (Å²) in [6, 6.07) is 4.29. The van der Waals surface area contributed by atoms with Crippen LogP contribution in [0.4, 0.5) is 0 Å². The summed E-state index contributed by atoms with van der Waals surface area (Å²) in [5.74, 6) is 6.03. The third kappa shape index (κ3) is 2.49. The molecule has 0 saturated carbocycles. The molecule has 0 bridgehead atoms. The van der Waals surface area contributed by atoms with Gasteiger partial charge in [0.25, 0.3) is 0 Å². The number of aryl methyl sites for hydroxylation is 1. The van der Waals surface area contributed by atoms with Gasteiger partial charge in [0.05, 0.1) is 12.1 Å². The topological polar surface area (TPSA) is 60.2 Å². The van der Waals surface area contributed by atoms with E-state index < -0.39 is 0 Å². The van der Waals surface area contributed by atoms with E-state index in [1.54, 1.807) is 7.11 Å². The van der Waals surface area contributed by atoms with Crippen molar-refractivity contribution in [3.8, 4) is 0 Å². The van der Waals surface area contributed by atoms with Gasteiger partial charge in [-0.25, -0.2) is 0 Å². The van der Waals surface area contributed by atoms with Gasteiger partial charge >= 0.3 is 0 Å². The van der Waals surface area contributed by atoms with Crippen molar-refractivity contribution < 1.29 is 4.74 Å². The molecule has 0 radical (unpaired) electrons. The van der Waals surface area contributed by atoms with Gasteiger partial charge in [-0.3, -0.25) is 16.3 Å². The van der Waals surface area contributed by atoms with Crippen molar-refractivity contribution in [3.05, 3.63) is 29.6 Å². The average Bonchev–Trinajstić information content (AvgIpc) is 2.39. The molecule has 17 heavy (non-hydrogen) atoms. The van der Waals surface area contributed by atoms with E-state index in [9.17, 15) is 0 Å². The number of nitrogens with zero attached hydrogens (tertiary/aromatic N) is 1. The molecule has 4 nitrogen and oxygen atoms in total. The number of pyridine rings is 1. The molecule has 1 aliphatic rings. The van der Waals surface area contributed by atoms with Crippen LogP contribution in [0.2, 0.25) is 0 Å². The highest BCUT2D eigenvalue weighted by molar-refractivity contribution is 5.27. The first kappa shape index (κ1) is 12.5. The molecule has 0 saturated heterocycles. The van der Waals surface area contributed by atoms with E-state index in [4.69, 9.17) is 10.6 Å². The van der Waals surface area contributed by atoms with Crippen molar-refractivity contribution >= 4 is 0 Å². The minimum atomic E-state index is 0.0814. The van der Waals surface area contributed by atoms with Crippen molar-refractivity contribution in [1.82, 2.24) is 10.4 Å². The van der Waals surface area contributed by atoms with Gasteiger partial charge < -0.3 is 4.74 Å². The lowest BCUT2D eigenvalue weighted by Crippen LogP contribution is -2.48. The zero-order valence-corrected chi connectivity index (χ0v) is 10.5. The fourth-order valence-electron chi connectivity index (χ4n) is 2.72. The Hall–Kier alpha value is -0.970. The first-order chi connectivity index (χ1) is 8.27. The van der Waals surface area contributed by atoms with Crippen LogP contribution >= 0.6 is 0 Å². The first-order valence-corrected chi connectivity index (χ1v) is 6.20. The van der Waals surface area contributed by atoms with Crippen LogP contribution in [0.3, 0.4) is 0 Å². The monoisotopic (exact) mass is 235 g/mol. The quantitative estimate of drug-likeness (QED) is 0.611. The van der Waals surface area contributed by atoms with Gasteiger partial charge in [-0.05, 0) is 37.8 Å². The van der Waals surface area contributed by atoms with Crippen LogP contribution in [0, 0.1) is 0 Å². The molecular formula is C13H21N3O. The molecule has 0 fully saturated rings. The number of nitrogens with one attached hydrogen (secondary N) is 1. The standard InChI is InChI=1S/C13H21N3O/c1-9(17-2)12(16-14)11-7-3-5-10-6-4-8-15-13(10)11/h4,6,8-9,11-12,16H,3,5,7,14H2,1-2H3. The van der Waals surface area contributed by atoms with Crippen LogP contribution in [0.25, 0.3) is 0 Å². The summed E-state index contributed by atoms with van der Waals surface area (Å²) >= 11 is 0. The van der Waals surface area contributed by atoms with Crippen molar-refractivity contribution in [2.75, 3.05) is 7.11 Å². The predicted octanol–water partition coefficient (Wildman–Crippen LogP) is 1.37. The lowest BCUT2D eigenvalue weighted by molar-refractivity contribution is 0.0702. The highest BCUT2D eigenvalue weighted by atomic mass is 16.5. The highest BCUT2D eigenvalue weighted by Gasteiger charge is 2.31. The Kier molecular flexibility index (Phi) is 4.10. The van der Waals surface area contributed by atoms with Crippen LogP contribution in [0.1, 0.15) is 36.9 Å². The molecule has 1 aliphatic carbocycles. The normalized spacial score (nSPS) is 22.9. The summed E-state index contributed by atoms with van der Waals surface area (Å²) in [5, 5.41) is 0. The van der Waals surface area contributed by atoms with Crippen molar-refractivity contribution in [3.63, 3.8) is 0 Å². The lowest BCUT2D eigenvalue weighted by Gasteiger charge is -2.33. The van der Waals surface area contributed by atoms with Gasteiger partial charge in [-0.15, -0.1) is 0 Å². The molecular weight excluding hydrogens is 214 g/mol. The summed E-state index contributed by atoms with van der Waals surface area (Å²) in [6.07, 6.45) is 5.38. The number of hydrogen-bond acceptors (Lipinski definition) is 4. The number of rotatable bonds is 4. The molecule has 3 atom stereocenters. The van der Waals surface area contributed by atoms with E-state index in [1.165, 1.54) is 17.7 Å². The van der Waals surface area contributed by atoms with Gasteiger partial charge in [0.15, 0.2) is 0 Å². The number of nitrogens with two attached hydrogens (primary N) is 1. The molecule has 1 aromatic rings. The van der Waals surface area contributed by atoms with Crippen LogP contribution < -0.4 is 11.3 Å². The summed E-state index contributed by atoms with van der Waals surface area (Å²) in [5.41, 5.74) is 5.44. The largest absolute Gasteiger partial charge is 0.380 e. The average molecular weight is 235 g/mol. The van der Waals surface area contributed by atoms with Crippen LogP contribution in [0.15, 0.2) is 18.3 Å². The Labute approximate surface area is 103 Å². The minimum Gasteiger partial charge on any atom is -0.380 e. The van der Waals surface area contributed by atoms with E-state index >= 15 is 0 Å². The molecule has 2 rings (SSSR count). The SMILES string of the molecule is COC(C)C(NN)C1CCCc2cccnc21. The second-order valence-corrected chi connectivity index (χ2v) is 4.68. The van der Waals surface area contributed by atoms with Gasteiger partial charge in [0.2, 0.25) is 0 Å². The maximum Gasteiger partial charge on any atom is 0.0716 e. The summed E-state index contributed by atoms with van der Waals surface area (Å²) in [6.45, 7) is 2.04. The molecule has 0 amide bonds. The third-order valence-electron chi connectivity index (χ3n) is 3.74. The maximum atomic E-state index is 5.68. The van der Waals surface area contributed by atoms with Gasteiger partial charge in [-0.2, -0.15) is 0 Å². The summed E-state index contributed by atoms with van der Waals surface area (Å²) in [4.78, 5) is 4.54. The Morgan fingerprint density at radius 1 is 1.59 bits per heavy atom. The van der Waals surface area contributed by atoms with Crippen LogP contribution in [0.5, 0.6) is 0 Å². The summed E-state index contributed by atoms with van der Waals surface area (Å²) < 4.78 is 5.40. The third-order valence-corrected chi connectivity index (χ3v) is 3.74. The lowest BCUT2D eigenvalue weighted by atomic mass is 9.80. The number of hydrogen-bond donors (Lipinski definition) is 2. The Morgan fingerprint density at radius 2 is 2.41 bits per heavy atom. The molecule has 1 aromatic heterocycles. The Bertz CT molecular complexity index is 369. The number of methoxy groups -OCH3 is 1. The van der Waals surface area contributed by atoms with E-state index in [0.29, 0.717) is 5.92 Å². The smallest absolute Gasteiger partial charge is 0.0716 e. The fourth-order valence-corrected chi connectivity index (χ4v) is 2.72. The van der Waals surface area contributed by atoms with E-state index in [0.717, 1.165) is 12.8 Å². The van der Waals surface area contributed by atoms with Crippen LogP contribution in [-0.4, -0.2) is 24.2 Å². The van der Waals surface area contributed by atoms with E-state index in [2.05, 4.69) is 16.5 Å². The van der Waals surface area contributed by atoms with Gasteiger partial charge in [0.1, 0.15) is 0 Å². The van der Waals surface area contributed by atoms with Gasteiger partial charge in [-0.1, -0.05) is 6.07 Å². The maximum absolute atomic E-state index is 5.68. The molecule has 3 unspecified atom stereocenters. The molecule has 0 spiro atoms. The van der Waals surface area contributed by atoms with E-state index in [-0.39, 0.29) is 12.1 Å². The molecule has 94 valence electrons. The van der Waals surface area contributed by atoms with Crippen molar-refractivity contribution in [2.24, 2.45) is 5.84 Å². The second kappa shape index (κ2) is 5.58.